The summed E-state index contributed by atoms with van der Waals surface area (Å²) >= 11 is 5.77. The van der Waals surface area contributed by atoms with Crippen molar-refractivity contribution in [1.29, 1.82) is 0 Å². The largest absolute Gasteiger partial charge is 0.493 e. The Kier molecular flexibility index (Phi) is 3.47. The van der Waals surface area contributed by atoms with Crippen LogP contribution in [0.3, 0.4) is 0 Å². The van der Waals surface area contributed by atoms with Crippen LogP contribution in [0.15, 0.2) is 30.3 Å². The molecule has 2 aromatic rings. The topological polar surface area (TPSA) is 37.9 Å². The van der Waals surface area contributed by atoms with Crippen molar-refractivity contribution in [3.05, 3.63) is 46.7 Å². The molecule has 1 aromatic carbocycles. The lowest BCUT2D eigenvalue weighted by atomic mass is 10.3. The van der Waals surface area contributed by atoms with Gasteiger partial charge in [0.25, 0.3) is 0 Å². The summed E-state index contributed by atoms with van der Waals surface area (Å²) < 4.78 is 5.56. The fraction of sp³-hybridized carbons (Fsp3) is 0.250. The highest BCUT2D eigenvalue weighted by molar-refractivity contribution is 6.30. The maximum Gasteiger partial charge on any atom is 0.119 e. The molecule has 4 heteroatoms. The third-order valence-electron chi connectivity index (χ3n) is 2.20. The SMILES string of the molecule is Cc1cc(CCOc2ccc(Cl)cc2)n[nH]1. The first-order valence-corrected chi connectivity index (χ1v) is 5.51. The molecule has 0 atom stereocenters. The molecule has 0 aliphatic rings. The number of nitrogens with one attached hydrogen (secondary N) is 1. The molecule has 0 spiro atoms. The monoisotopic (exact) mass is 236 g/mol. The number of aromatic amines is 1. The second-order valence-electron chi connectivity index (χ2n) is 3.59. The molecule has 0 amide bonds. The van der Waals surface area contributed by atoms with Crippen LogP contribution in [0.25, 0.3) is 0 Å². The Hall–Kier alpha value is -1.48. The molecular formula is C12H13ClN2O. The molecule has 0 bridgehead atoms. The van der Waals surface area contributed by atoms with Crippen molar-refractivity contribution in [2.24, 2.45) is 0 Å². The Morgan fingerprint density at radius 2 is 2.06 bits per heavy atom. The first-order chi connectivity index (χ1) is 7.74. The Morgan fingerprint density at radius 1 is 1.31 bits per heavy atom. The average Bonchev–Trinajstić information content (AvgIpc) is 2.67. The van der Waals surface area contributed by atoms with Crippen LogP contribution < -0.4 is 4.74 Å². The molecule has 0 saturated carbocycles. The van der Waals surface area contributed by atoms with E-state index < -0.39 is 0 Å². The minimum absolute atomic E-state index is 0.617. The molecular weight excluding hydrogens is 224 g/mol. The first kappa shape index (κ1) is 11.0. The van der Waals surface area contributed by atoms with E-state index >= 15 is 0 Å². The highest BCUT2D eigenvalue weighted by atomic mass is 35.5. The van der Waals surface area contributed by atoms with Crippen LogP contribution >= 0.6 is 11.6 Å². The zero-order valence-electron chi connectivity index (χ0n) is 9.03. The molecule has 0 aliphatic carbocycles. The number of H-pyrrole nitrogens is 1. The number of hydrogen-bond donors (Lipinski definition) is 1. The lowest BCUT2D eigenvalue weighted by molar-refractivity contribution is 0.320. The van der Waals surface area contributed by atoms with Crippen molar-refractivity contribution in [3.8, 4) is 5.75 Å². The van der Waals surface area contributed by atoms with Crippen LogP contribution in [0.1, 0.15) is 11.4 Å². The maximum absolute atomic E-state index is 5.77. The Balaban J connectivity index is 1.82. The Morgan fingerprint density at radius 3 is 2.69 bits per heavy atom. The predicted octanol–water partition coefficient (Wildman–Crippen LogP) is 2.99. The molecule has 1 N–H and O–H groups in total. The molecule has 2 rings (SSSR count). The quantitative estimate of drug-likeness (QED) is 0.886. The zero-order chi connectivity index (χ0) is 11.4. The molecule has 0 unspecified atom stereocenters. The second kappa shape index (κ2) is 5.03. The fourth-order valence-corrected chi connectivity index (χ4v) is 1.53. The number of nitrogens with zero attached hydrogens (tertiary/aromatic N) is 1. The van der Waals surface area contributed by atoms with Gasteiger partial charge in [0.15, 0.2) is 0 Å². The highest BCUT2D eigenvalue weighted by Gasteiger charge is 1.98. The van der Waals surface area contributed by atoms with E-state index in [-0.39, 0.29) is 0 Å². The molecule has 16 heavy (non-hydrogen) atoms. The van der Waals surface area contributed by atoms with Crippen LogP contribution in [0.4, 0.5) is 0 Å². The molecule has 0 fully saturated rings. The van der Waals surface area contributed by atoms with Crippen molar-refractivity contribution in [3.63, 3.8) is 0 Å². The summed E-state index contributed by atoms with van der Waals surface area (Å²) in [7, 11) is 0. The van der Waals surface area contributed by atoms with E-state index in [4.69, 9.17) is 16.3 Å². The number of ether oxygens (including phenoxy) is 1. The minimum atomic E-state index is 0.617. The van der Waals surface area contributed by atoms with Gasteiger partial charge in [0.2, 0.25) is 0 Å². The van der Waals surface area contributed by atoms with Crippen LogP contribution in [0.2, 0.25) is 5.02 Å². The van der Waals surface area contributed by atoms with Crippen molar-refractivity contribution >= 4 is 11.6 Å². The van der Waals surface area contributed by atoms with E-state index in [1.54, 1.807) is 0 Å². The molecule has 1 aromatic heterocycles. The van der Waals surface area contributed by atoms with Gasteiger partial charge in [-0.2, -0.15) is 5.10 Å². The molecule has 3 nitrogen and oxygen atoms in total. The van der Waals surface area contributed by atoms with Gasteiger partial charge in [-0.25, -0.2) is 0 Å². The van der Waals surface area contributed by atoms with Gasteiger partial charge in [-0.3, -0.25) is 5.10 Å². The number of hydrogen-bond acceptors (Lipinski definition) is 2. The lowest BCUT2D eigenvalue weighted by Crippen LogP contribution is -2.01. The molecule has 0 saturated heterocycles. The van der Waals surface area contributed by atoms with Crippen molar-refractivity contribution in [1.82, 2.24) is 10.2 Å². The Labute approximate surface area is 99.4 Å². The number of aryl methyl sites for hydroxylation is 1. The van der Waals surface area contributed by atoms with E-state index in [0.29, 0.717) is 6.61 Å². The van der Waals surface area contributed by atoms with Gasteiger partial charge in [-0.1, -0.05) is 11.6 Å². The fourth-order valence-electron chi connectivity index (χ4n) is 1.41. The zero-order valence-corrected chi connectivity index (χ0v) is 9.79. The van der Waals surface area contributed by atoms with E-state index in [0.717, 1.165) is 28.6 Å². The minimum Gasteiger partial charge on any atom is -0.493 e. The highest BCUT2D eigenvalue weighted by Crippen LogP contribution is 2.15. The van der Waals surface area contributed by atoms with Crippen LogP contribution in [-0.2, 0) is 6.42 Å². The van der Waals surface area contributed by atoms with E-state index in [1.807, 2.05) is 37.3 Å². The van der Waals surface area contributed by atoms with E-state index in [1.165, 1.54) is 0 Å². The van der Waals surface area contributed by atoms with Gasteiger partial charge >= 0.3 is 0 Å². The van der Waals surface area contributed by atoms with Gasteiger partial charge in [0.05, 0.1) is 12.3 Å². The molecule has 0 aliphatic heterocycles. The van der Waals surface area contributed by atoms with Crippen LogP contribution in [-0.4, -0.2) is 16.8 Å². The normalized spacial score (nSPS) is 10.4. The third kappa shape index (κ3) is 3.00. The van der Waals surface area contributed by atoms with Gasteiger partial charge in [-0.15, -0.1) is 0 Å². The molecule has 84 valence electrons. The summed E-state index contributed by atoms with van der Waals surface area (Å²) in [5.74, 6) is 0.830. The average molecular weight is 237 g/mol. The maximum atomic E-state index is 5.77. The molecule has 1 heterocycles. The number of benzene rings is 1. The number of aromatic nitrogens is 2. The number of halogens is 1. The van der Waals surface area contributed by atoms with Crippen molar-refractivity contribution in [2.75, 3.05) is 6.61 Å². The van der Waals surface area contributed by atoms with Crippen molar-refractivity contribution in [2.45, 2.75) is 13.3 Å². The lowest BCUT2D eigenvalue weighted by Gasteiger charge is -2.04. The van der Waals surface area contributed by atoms with Crippen molar-refractivity contribution < 1.29 is 4.74 Å². The first-order valence-electron chi connectivity index (χ1n) is 5.13. The van der Waals surface area contributed by atoms with Gasteiger partial charge in [0.1, 0.15) is 5.75 Å². The smallest absolute Gasteiger partial charge is 0.119 e. The predicted molar refractivity (Wildman–Crippen MR) is 64.0 cm³/mol. The summed E-state index contributed by atoms with van der Waals surface area (Å²) in [4.78, 5) is 0. The van der Waals surface area contributed by atoms with E-state index in [2.05, 4.69) is 10.2 Å². The summed E-state index contributed by atoms with van der Waals surface area (Å²) in [5.41, 5.74) is 2.09. The summed E-state index contributed by atoms with van der Waals surface area (Å²) in [6, 6.07) is 9.37. The van der Waals surface area contributed by atoms with Gasteiger partial charge < -0.3 is 4.74 Å². The standard InChI is InChI=1S/C12H13ClN2O/c1-9-8-11(15-14-9)6-7-16-12-4-2-10(13)3-5-12/h2-5,8H,6-7H2,1H3,(H,14,15). The Bertz CT molecular complexity index is 450. The summed E-state index contributed by atoms with van der Waals surface area (Å²) in [5, 5.41) is 7.75. The van der Waals surface area contributed by atoms with Crippen LogP contribution in [0.5, 0.6) is 5.75 Å². The van der Waals surface area contributed by atoms with Crippen LogP contribution in [0, 0.1) is 6.92 Å². The summed E-state index contributed by atoms with van der Waals surface area (Å²) in [6.45, 7) is 2.60. The molecule has 0 radical (unpaired) electrons. The van der Waals surface area contributed by atoms with Gasteiger partial charge in [-0.05, 0) is 37.3 Å². The summed E-state index contributed by atoms with van der Waals surface area (Å²) in [6.07, 6.45) is 0.799. The number of rotatable bonds is 4. The van der Waals surface area contributed by atoms with E-state index in [9.17, 15) is 0 Å². The van der Waals surface area contributed by atoms with Gasteiger partial charge in [0, 0.05) is 17.1 Å². The second-order valence-corrected chi connectivity index (χ2v) is 4.03. The third-order valence-corrected chi connectivity index (χ3v) is 2.45.